The molecule has 1 fully saturated rings. The fourth-order valence-corrected chi connectivity index (χ4v) is 3.71. The van der Waals surface area contributed by atoms with Crippen LogP contribution in [0.2, 0.25) is 5.02 Å². The highest BCUT2D eigenvalue weighted by Crippen LogP contribution is 2.42. The normalized spacial score (nSPS) is 23.7. The number of ether oxygens (including phenoxy) is 2. The Labute approximate surface area is 133 Å². The van der Waals surface area contributed by atoms with E-state index < -0.39 is 0 Å². The number of benzene rings is 1. The SMILES string of the molecule is CNC(c1cc(Cl)c(OC)c(OC)c1)C1CCC(C)CC1. The highest BCUT2D eigenvalue weighted by molar-refractivity contribution is 6.32. The summed E-state index contributed by atoms with van der Waals surface area (Å²) in [5.74, 6) is 2.81. The van der Waals surface area contributed by atoms with Crippen molar-refractivity contribution in [3.8, 4) is 11.5 Å². The van der Waals surface area contributed by atoms with Crippen LogP contribution in [0.25, 0.3) is 0 Å². The lowest BCUT2D eigenvalue weighted by atomic mass is 9.77. The van der Waals surface area contributed by atoms with Gasteiger partial charge in [0.1, 0.15) is 0 Å². The van der Waals surface area contributed by atoms with Crippen LogP contribution in [-0.2, 0) is 0 Å². The first-order valence-corrected chi connectivity index (χ1v) is 8.07. The van der Waals surface area contributed by atoms with Crippen molar-refractivity contribution in [3.05, 3.63) is 22.7 Å². The van der Waals surface area contributed by atoms with Crippen molar-refractivity contribution in [1.82, 2.24) is 5.32 Å². The Morgan fingerprint density at radius 3 is 2.33 bits per heavy atom. The van der Waals surface area contributed by atoms with Crippen LogP contribution in [0.3, 0.4) is 0 Å². The van der Waals surface area contributed by atoms with Crippen molar-refractivity contribution in [2.24, 2.45) is 11.8 Å². The molecule has 0 aliphatic heterocycles. The molecule has 2 rings (SSSR count). The van der Waals surface area contributed by atoms with Crippen LogP contribution in [0.4, 0.5) is 0 Å². The van der Waals surface area contributed by atoms with Gasteiger partial charge in [0, 0.05) is 6.04 Å². The van der Waals surface area contributed by atoms with Crippen molar-refractivity contribution in [3.63, 3.8) is 0 Å². The minimum Gasteiger partial charge on any atom is -0.493 e. The smallest absolute Gasteiger partial charge is 0.179 e. The summed E-state index contributed by atoms with van der Waals surface area (Å²) >= 11 is 6.34. The summed E-state index contributed by atoms with van der Waals surface area (Å²) < 4.78 is 10.7. The molecule has 0 aromatic heterocycles. The quantitative estimate of drug-likeness (QED) is 0.871. The Morgan fingerprint density at radius 2 is 1.81 bits per heavy atom. The molecule has 4 heteroatoms. The van der Waals surface area contributed by atoms with E-state index in [9.17, 15) is 0 Å². The molecule has 0 bridgehead atoms. The molecule has 1 unspecified atom stereocenters. The fourth-order valence-electron chi connectivity index (χ4n) is 3.41. The van der Waals surface area contributed by atoms with Crippen LogP contribution in [0.15, 0.2) is 12.1 Å². The van der Waals surface area contributed by atoms with E-state index in [0.717, 1.165) is 5.92 Å². The summed E-state index contributed by atoms with van der Waals surface area (Å²) in [6, 6.07) is 4.36. The monoisotopic (exact) mass is 311 g/mol. The molecule has 3 nitrogen and oxygen atoms in total. The molecule has 0 saturated heterocycles. The van der Waals surface area contributed by atoms with Crippen LogP contribution in [-0.4, -0.2) is 21.3 Å². The minimum atomic E-state index is 0.315. The van der Waals surface area contributed by atoms with Gasteiger partial charge >= 0.3 is 0 Å². The van der Waals surface area contributed by atoms with Crippen LogP contribution in [0.5, 0.6) is 11.5 Å². The van der Waals surface area contributed by atoms with E-state index in [1.165, 1.54) is 31.2 Å². The zero-order valence-electron chi connectivity index (χ0n) is 13.4. The molecule has 0 spiro atoms. The van der Waals surface area contributed by atoms with Gasteiger partial charge in [-0.2, -0.15) is 0 Å². The van der Waals surface area contributed by atoms with Crippen LogP contribution in [0.1, 0.15) is 44.2 Å². The van der Waals surface area contributed by atoms with Gasteiger partial charge in [0.15, 0.2) is 11.5 Å². The molecule has 0 heterocycles. The summed E-state index contributed by atoms with van der Waals surface area (Å²) in [6.07, 6.45) is 5.14. The molecule has 118 valence electrons. The lowest BCUT2D eigenvalue weighted by molar-refractivity contribution is 0.237. The number of hydrogen-bond acceptors (Lipinski definition) is 3. The van der Waals surface area contributed by atoms with Gasteiger partial charge < -0.3 is 14.8 Å². The fraction of sp³-hybridized carbons (Fsp3) is 0.647. The van der Waals surface area contributed by atoms with Crippen molar-refractivity contribution in [1.29, 1.82) is 0 Å². The van der Waals surface area contributed by atoms with Crippen LogP contribution < -0.4 is 14.8 Å². The molecule has 1 aliphatic rings. The third-order valence-electron chi connectivity index (χ3n) is 4.66. The summed E-state index contributed by atoms with van der Waals surface area (Å²) in [5.41, 5.74) is 1.18. The predicted molar refractivity (Wildman–Crippen MR) is 87.5 cm³/mol. The average Bonchev–Trinajstić information content (AvgIpc) is 2.49. The second-order valence-corrected chi connectivity index (χ2v) is 6.43. The van der Waals surface area contributed by atoms with Crippen LogP contribution >= 0.6 is 11.6 Å². The minimum absolute atomic E-state index is 0.315. The van der Waals surface area contributed by atoms with Gasteiger partial charge in [0.2, 0.25) is 0 Å². The zero-order valence-corrected chi connectivity index (χ0v) is 14.2. The molecule has 1 atom stereocenters. The largest absolute Gasteiger partial charge is 0.493 e. The second-order valence-electron chi connectivity index (χ2n) is 6.02. The summed E-state index contributed by atoms with van der Waals surface area (Å²) in [4.78, 5) is 0. The second kappa shape index (κ2) is 7.37. The number of halogens is 1. The molecule has 0 radical (unpaired) electrons. The molecule has 1 aromatic rings. The van der Waals surface area contributed by atoms with E-state index in [1.54, 1.807) is 14.2 Å². The van der Waals surface area contributed by atoms with E-state index in [2.05, 4.69) is 12.2 Å². The Kier molecular flexibility index (Phi) is 5.77. The number of rotatable bonds is 5. The van der Waals surface area contributed by atoms with Crippen molar-refractivity contribution < 1.29 is 9.47 Å². The number of hydrogen-bond donors (Lipinski definition) is 1. The molecule has 21 heavy (non-hydrogen) atoms. The number of nitrogens with one attached hydrogen (secondary N) is 1. The maximum Gasteiger partial charge on any atom is 0.179 e. The lowest BCUT2D eigenvalue weighted by Gasteiger charge is -2.33. The van der Waals surface area contributed by atoms with E-state index in [4.69, 9.17) is 21.1 Å². The van der Waals surface area contributed by atoms with E-state index in [1.807, 2.05) is 19.2 Å². The summed E-state index contributed by atoms with van der Waals surface area (Å²) in [5, 5.41) is 4.07. The summed E-state index contributed by atoms with van der Waals surface area (Å²) in [6.45, 7) is 2.35. The Balaban J connectivity index is 2.27. The van der Waals surface area contributed by atoms with Gasteiger partial charge in [-0.05, 0) is 49.4 Å². The summed E-state index contributed by atoms with van der Waals surface area (Å²) in [7, 11) is 5.28. The van der Waals surface area contributed by atoms with Gasteiger partial charge in [0.25, 0.3) is 0 Å². The molecule has 1 N–H and O–H groups in total. The van der Waals surface area contributed by atoms with Gasteiger partial charge in [-0.3, -0.25) is 0 Å². The third kappa shape index (κ3) is 3.64. The Hall–Kier alpha value is -0.930. The molecule has 1 aliphatic carbocycles. The first-order valence-electron chi connectivity index (χ1n) is 7.69. The predicted octanol–water partition coefficient (Wildman–Crippen LogP) is 4.44. The zero-order chi connectivity index (χ0) is 15.4. The molecule has 1 aromatic carbocycles. The Bertz CT molecular complexity index is 470. The maximum absolute atomic E-state index is 6.34. The van der Waals surface area contributed by atoms with Gasteiger partial charge in [-0.15, -0.1) is 0 Å². The molecule has 1 saturated carbocycles. The highest BCUT2D eigenvalue weighted by atomic mass is 35.5. The van der Waals surface area contributed by atoms with Crippen molar-refractivity contribution in [2.45, 2.75) is 38.6 Å². The highest BCUT2D eigenvalue weighted by Gasteiger charge is 2.27. The standard InChI is InChI=1S/C17H26ClNO2/c1-11-5-7-12(8-6-11)16(19-2)13-9-14(18)17(21-4)15(10-13)20-3/h9-12,16,19H,5-8H2,1-4H3. The van der Waals surface area contributed by atoms with Gasteiger partial charge in [0.05, 0.1) is 19.2 Å². The number of methoxy groups -OCH3 is 2. The third-order valence-corrected chi connectivity index (χ3v) is 4.94. The molecule has 0 amide bonds. The van der Waals surface area contributed by atoms with Crippen molar-refractivity contribution in [2.75, 3.05) is 21.3 Å². The van der Waals surface area contributed by atoms with Crippen molar-refractivity contribution >= 4 is 11.6 Å². The van der Waals surface area contributed by atoms with Gasteiger partial charge in [-0.25, -0.2) is 0 Å². The first-order chi connectivity index (χ1) is 10.1. The first kappa shape index (κ1) is 16.4. The lowest BCUT2D eigenvalue weighted by Crippen LogP contribution is -2.28. The van der Waals surface area contributed by atoms with Crippen LogP contribution in [0, 0.1) is 11.8 Å². The Morgan fingerprint density at radius 1 is 1.14 bits per heavy atom. The van der Waals surface area contributed by atoms with E-state index in [-0.39, 0.29) is 0 Å². The maximum atomic E-state index is 6.34. The van der Waals surface area contributed by atoms with E-state index >= 15 is 0 Å². The molecular formula is C17H26ClNO2. The van der Waals surface area contributed by atoms with Gasteiger partial charge in [-0.1, -0.05) is 31.4 Å². The van der Waals surface area contributed by atoms with E-state index in [0.29, 0.717) is 28.5 Å². The molecular weight excluding hydrogens is 286 g/mol. The average molecular weight is 312 g/mol. The topological polar surface area (TPSA) is 30.5 Å².